The van der Waals surface area contributed by atoms with Crippen LogP contribution in [-0.2, 0) is 9.53 Å². The Morgan fingerprint density at radius 1 is 1.50 bits per heavy atom. The highest BCUT2D eigenvalue weighted by Crippen LogP contribution is 2.26. The minimum atomic E-state index is -0.625. The Morgan fingerprint density at radius 2 is 2.25 bits per heavy atom. The lowest BCUT2D eigenvalue weighted by Gasteiger charge is -2.08. The summed E-state index contributed by atoms with van der Waals surface area (Å²) in [5.74, 6) is -0.0483. The summed E-state index contributed by atoms with van der Waals surface area (Å²) in [7, 11) is 1.56. The summed E-state index contributed by atoms with van der Waals surface area (Å²) < 4.78 is 23.5. The van der Waals surface area contributed by atoms with Crippen LogP contribution in [0, 0.1) is 5.82 Å². The molecule has 1 rings (SSSR count). The smallest absolute Gasteiger partial charge is 0.138 e. The minimum absolute atomic E-state index is 0.300. The van der Waals surface area contributed by atoms with E-state index in [0.29, 0.717) is 30.8 Å². The van der Waals surface area contributed by atoms with Crippen LogP contribution in [0.1, 0.15) is 10.4 Å². The molecule has 0 spiro atoms. The highest BCUT2D eigenvalue weighted by molar-refractivity contribution is 9.09. The van der Waals surface area contributed by atoms with Crippen molar-refractivity contribution in [1.82, 2.24) is 0 Å². The summed E-state index contributed by atoms with van der Waals surface area (Å²) in [6.07, 6.45) is 0.629. The molecule has 88 valence electrons. The van der Waals surface area contributed by atoms with Gasteiger partial charge in [-0.1, -0.05) is 22.0 Å². The number of halogens is 2. The van der Waals surface area contributed by atoms with Crippen LogP contribution >= 0.6 is 15.9 Å². The quantitative estimate of drug-likeness (QED) is 0.459. The van der Waals surface area contributed by atoms with Crippen LogP contribution in [0.15, 0.2) is 18.2 Å². The van der Waals surface area contributed by atoms with Gasteiger partial charge < -0.3 is 14.3 Å². The largest absolute Gasteiger partial charge is 0.491 e. The third-order valence-electron chi connectivity index (χ3n) is 1.94. The fourth-order valence-corrected chi connectivity index (χ4v) is 1.51. The molecule has 0 aliphatic carbocycles. The van der Waals surface area contributed by atoms with Gasteiger partial charge in [0, 0.05) is 18.7 Å². The number of carbonyl (C=O) groups excluding carboxylic acids is 1. The molecular formula is C11H12BrFO3. The average Bonchev–Trinajstić information content (AvgIpc) is 2.29. The van der Waals surface area contributed by atoms with Gasteiger partial charge in [0.1, 0.15) is 24.5 Å². The number of carbonyl (C=O) groups is 1. The summed E-state index contributed by atoms with van der Waals surface area (Å²) >= 11 is 3.06. The van der Waals surface area contributed by atoms with Crippen LogP contribution in [0.3, 0.4) is 0 Å². The van der Waals surface area contributed by atoms with E-state index in [1.54, 1.807) is 13.2 Å². The lowest BCUT2D eigenvalue weighted by Crippen LogP contribution is -2.05. The van der Waals surface area contributed by atoms with E-state index in [-0.39, 0.29) is 0 Å². The number of hydrogen-bond acceptors (Lipinski definition) is 3. The van der Waals surface area contributed by atoms with Crippen molar-refractivity contribution in [2.45, 2.75) is 4.83 Å². The second-order valence-corrected chi connectivity index (χ2v) is 4.05. The number of rotatable bonds is 6. The van der Waals surface area contributed by atoms with Crippen molar-refractivity contribution < 1.29 is 18.7 Å². The van der Waals surface area contributed by atoms with E-state index in [1.807, 2.05) is 0 Å². The van der Waals surface area contributed by atoms with Crippen LogP contribution in [-0.4, -0.2) is 26.6 Å². The van der Waals surface area contributed by atoms with Gasteiger partial charge in [0.05, 0.1) is 11.4 Å². The molecule has 0 aromatic heterocycles. The average molecular weight is 291 g/mol. The Morgan fingerprint density at radius 3 is 2.81 bits per heavy atom. The maximum Gasteiger partial charge on any atom is 0.138 e. The molecule has 0 saturated carbocycles. The standard InChI is InChI=1S/C11H12BrFO3/c1-15-4-5-16-8-2-3-9(10(12)7-14)11(13)6-8/h2-3,6-7,10H,4-5H2,1H3/t10-/m1/s1. The lowest BCUT2D eigenvalue weighted by molar-refractivity contribution is -0.107. The number of benzene rings is 1. The molecule has 0 N–H and O–H groups in total. The normalized spacial score (nSPS) is 12.2. The van der Waals surface area contributed by atoms with E-state index >= 15 is 0 Å². The van der Waals surface area contributed by atoms with Gasteiger partial charge in [0.15, 0.2) is 0 Å². The third-order valence-corrected chi connectivity index (χ3v) is 2.65. The zero-order valence-electron chi connectivity index (χ0n) is 8.78. The second kappa shape index (κ2) is 6.60. The molecule has 0 aliphatic rings. The molecule has 5 heteroatoms. The van der Waals surface area contributed by atoms with E-state index in [2.05, 4.69) is 15.9 Å². The maximum atomic E-state index is 13.5. The first-order chi connectivity index (χ1) is 7.69. The maximum absolute atomic E-state index is 13.5. The van der Waals surface area contributed by atoms with Crippen molar-refractivity contribution in [3.63, 3.8) is 0 Å². The Bertz CT molecular complexity index is 357. The molecule has 3 nitrogen and oxygen atoms in total. The number of alkyl halides is 1. The van der Waals surface area contributed by atoms with Crippen molar-refractivity contribution >= 4 is 22.2 Å². The van der Waals surface area contributed by atoms with Crippen molar-refractivity contribution in [3.8, 4) is 5.75 Å². The van der Waals surface area contributed by atoms with E-state index in [1.165, 1.54) is 12.1 Å². The Kier molecular flexibility index (Phi) is 5.42. The van der Waals surface area contributed by atoms with Gasteiger partial charge in [-0.25, -0.2) is 4.39 Å². The Labute approximate surface area is 102 Å². The molecule has 16 heavy (non-hydrogen) atoms. The second-order valence-electron chi connectivity index (χ2n) is 3.06. The van der Waals surface area contributed by atoms with Gasteiger partial charge in [0.2, 0.25) is 0 Å². The highest BCUT2D eigenvalue weighted by Gasteiger charge is 2.12. The number of hydrogen-bond donors (Lipinski definition) is 0. The van der Waals surface area contributed by atoms with E-state index < -0.39 is 10.6 Å². The predicted octanol–water partition coefficient (Wildman–Crippen LogP) is 2.49. The zero-order valence-corrected chi connectivity index (χ0v) is 10.4. The SMILES string of the molecule is COCCOc1ccc([C@H](Br)C=O)c(F)c1. The molecule has 0 heterocycles. The highest BCUT2D eigenvalue weighted by atomic mass is 79.9. The van der Waals surface area contributed by atoms with Crippen LogP contribution in [0.5, 0.6) is 5.75 Å². The Hall–Kier alpha value is -0.940. The molecule has 0 aliphatic heterocycles. The van der Waals surface area contributed by atoms with Gasteiger partial charge in [-0.3, -0.25) is 0 Å². The monoisotopic (exact) mass is 290 g/mol. The van der Waals surface area contributed by atoms with Gasteiger partial charge >= 0.3 is 0 Å². The van der Waals surface area contributed by atoms with Crippen LogP contribution in [0.4, 0.5) is 4.39 Å². The fraction of sp³-hybridized carbons (Fsp3) is 0.364. The van der Waals surface area contributed by atoms with Crippen LogP contribution in [0.25, 0.3) is 0 Å². The molecule has 0 unspecified atom stereocenters. The summed E-state index contributed by atoms with van der Waals surface area (Å²) in [6, 6.07) is 4.39. The van der Waals surface area contributed by atoms with Gasteiger partial charge in [-0.2, -0.15) is 0 Å². The molecule has 1 aromatic carbocycles. The first-order valence-electron chi connectivity index (χ1n) is 4.69. The van der Waals surface area contributed by atoms with E-state index in [9.17, 15) is 9.18 Å². The lowest BCUT2D eigenvalue weighted by atomic mass is 10.1. The van der Waals surface area contributed by atoms with Gasteiger partial charge in [0.25, 0.3) is 0 Å². The molecule has 1 aromatic rings. The molecular weight excluding hydrogens is 279 g/mol. The van der Waals surface area contributed by atoms with E-state index in [0.717, 1.165) is 0 Å². The first-order valence-corrected chi connectivity index (χ1v) is 5.61. The molecule has 0 amide bonds. The Balaban J connectivity index is 2.70. The first kappa shape index (κ1) is 13.1. The summed E-state index contributed by atoms with van der Waals surface area (Å²) in [5, 5.41) is 0. The minimum Gasteiger partial charge on any atom is -0.491 e. The third kappa shape index (κ3) is 3.57. The van der Waals surface area contributed by atoms with Gasteiger partial charge in [-0.05, 0) is 6.07 Å². The van der Waals surface area contributed by atoms with Crippen molar-refractivity contribution in [2.75, 3.05) is 20.3 Å². The van der Waals surface area contributed by atoms with E-state index in [4.69, 9.17) is 9.47 Å². The number of ether oxygens (including phenoxy) is 2. The molecule has 0 fully saturated rings. The summed E-state index contributed by atoms with van der Waals surface area (Å²) in [5.41, 5.74) is 0.300. The fourth-order valence-electron chi connectivity index (χ4n) is 1.14. The number of methoxy groups -OCH3 is 1. The zero-order chi connectivity index (χ0) is 12.0. The van der Waals surface area contributed by atoms with Crippen LogP contribution in [0.2, 0.25) is 0 Å². The molecule has 0 bridgehead atoms. The van der Waals surface area contributed by atoms with Crippen molar-refractivity contribution in [1.29, 1.82) is 0 Å². The topological polar surface area (TPSA) is 35.5 Å². The van der Waals surface area contributed by atoms with Gasteiger partial charge in [-0.15, -0.1) is 0 Å². The van der Waals surface area contributed by atoms with Crippen molar-refractivity contribution in [3.05, 3.63) is 29.6 Å². The molecule has 0 saturated heterocycles. The summed E-state index contributed by atoms with van der Waals surface area (Å²) in [6.45, 7) is 0.805. The predicted molar refractivity (Wildman–Crippen MR) is 61.5 cm³/mol. The number of aldehydes is 1. The molecule has 0 radical (unpaired) electrons. The van der Waals surface area contributed by atoms with Crippen molar-refractivity contribution in [2.24, 2.45) is 0 Å². The van der Waals surface area contributed by atoms with Crippen LogP contribution < -0.4 is 4.74 Å². The summed E-state index contributed by atoms with van der Waals surface area (Å²) in [4.78, 5) is 9.87. The molecule has 1 atom stereocenters.